The maximum Gasteiger partial charge on any atom is 0.154 e. The van der Waals surface area contributed by atoms with Crippen LogP contribution in [-0.4, -0.2) is 42.6 Å². The molecule has 0 rings (SSSR count). The molecule has 1 N–H and O–H groups in total. The van der Waals surface area contributed by atoms with Gasteiger partial charge in [0.2, 0.25) is 0 Å². The standard InChI is InChI=1S/C10H25NO2Si/c1-4-12-10(13-5-2)9-14-8-6-7-11-3/h10-11H,4-9,14H2,1-3H3. The van der Waals surface area contributed by atoms with Gasteiger partial charge in [0.15, 0.2) is 6.29 Å². The average molecular weight is 219 g/mol. The predicted octanol–water partition coefficient (Wildman–Crippen LogP) is 1.00. The van der Waals surface area contributed by atoms with E-state index in [1.165, 1.54) is 12.5 Å². The molecule has 0 saturated carbocycles. The second kappa shape index (κ2) is 11.2. The van der Waals surface area contributed by atoms with E-state index in [0.29, 0.717) is 0 Å². The van der Waals surface area contributed by atoms with E-state index in [2.05, 4.69) is 5.32 Å². The van der Waals surface area contributed by atoms with Crippen molar-refractivity contribution in [2.75, 3.05) is 26.8 Å². The molecule has 86 valence electrons. The van der Waals surface area contributed by atoms with Gasteiger partial charge in [-0.2, -0.15) is 0 Å². The second-order valence-electron chi connectivity index (χ2n) is 3.29. The topological polar surface area (TPSA) is 30.5 Å². The summed E-state index contributed by atoms with van der Waals surface area (Å²) in [5.41, 5.74) is 0. The van der Waals surface area contributed by atoms with Crippen molar-refractivity contribution in [1.82, 2.24) is 5.32 Å². The monoisotopic (exact) mass is 219 g/mol. The van der Waals surface area contributed by atoms with Gasteiger partial charge in [-0.25, -0.2) is 0 Å². The number of ether oxygens (including phenoxy) is 2. The van der Waals surface area contributed by atoms with Crippen molar-refractivity contribution in [3.05, 3.63) is 0 Å². The highest BCUT2D eigenvalue weighted by Gasteiger charge is 2.06. The van der Waals surface area contributed by atoms with Crippen molar-refractivity contribution in [2.45, 2.75) is 38.6 Å². The molecule has 3 nitrogen and oxygen atoms in total. The molecule has 4 heteroatoms. The Bertz CT molecular complexity index is 108. The van der Waals surface area contributed by atoms with E-state index >= 15 is 0 Å². The van der Waals surface area contributed by atoms with Crippen LogP contribution in [0.2, 0.25) is 12.1 Å². The molecular formula is C10H25NO2Si. The zero-order valence-electron chi connectivity index (χ0n) is 9.84. The highest BCUT2D eigenvalue weighted by atomic mass is 28.2. The summed E-state index contributed by atoms with van der Waals surface area (Å²) in [5.74, 6) is 0. The minimum atomic E-state index is 0.0129. The third-order valence-electron chi connectivity index (χ3n) is 2.07. The lowest BCUT2D eigenvalue weighted by Crippen LogP contribution is -2.19. The van der Waals surface area contributed by atoms with Gasteiger partial charge in [-0.1, -0.05) is 6.04 Å². The Hall–Kier alpha value is 0.0969. The summed E-state index contributed by atoms with van der Waals surface area (Å²) in [5, 5.41) is 3.17. The van der Waals surface area contributed by atoms with Crippen molar-refractivity contribution >= 4 is 9.52 Å². The predicted molar refractivity (Wildman–Crippen MR) is 63.7 cm³/mol. The highest BCUT2D eigenvalue weighted by Crippen LogP contribution is 2.03. The fourth-order valence-corrected chi connectivity index (χ4v) is 2.94. The molecule has 0 spiro atoms. The van der Waals surface area contributed by atoms with Crippen LogP contribution in [0.3, 0.4) is 0 Å². The third kappa shape index (κ3) is 8.68. The van der Waals surface area contributed by atoms with Gasteiger partial charge < -0.3 is 14.8 Å². The van der Waals surface area contributed by atoms with Gasteiger partial charge in [0.1, 0.15) is 0 Å². The van der Waals surface area contributed by atoms with Crippen molar-refractivity contribution in [2.24, 2.45) is 0 Å². The zero-order valence-corrected chi connectivity index (χ0v) is 11.3. The quantitative estimate of drug-likeness (QED) is 0.338. The van der Waals surface area contributed by atoms with Gasteiger partial charge in [0.25, 0.3) is 0 Å². The summed E-state index contributed by atoms with van der Waals surface area (Å²) in [6.45, 7) is 6.70. The van der Waals surface area contributed by atoms with Crippen LogP contribution in [0, 0.1) is 0 Å². The fraction of sp³-hybridized carbons (Fsp3) is 1.00. The van der Waals surface area contributed by atoms with Crippen LogP contribution in [0.5, 0.6) is 0 Å². The van der Waals surface area contributed by atoms with Crippen molar-refractivity contribution in [3.8, 4) is 0 Å². The fourth-order valence-electron chi connectivity index (χ4n) is 1.38. The summed E-state index contributed by atoms with van der Waals surface area (Å²) in [4.78, 5) is 0. The largest absolute Gasteiger partial charge is 0.353 e. The van der Waals surface area contributed by atoms with Crippen LogP contribution in [-0.2, 0) is 9.47 Å². The first-order valence-electron chi connectivity index (χ1n) is 5.72. The molecule has 0 radical (unpaired) electrons. The van der Waals surface area contributed by atoms with E-state index in [9.17, 15) is 0 Å². The van der Waals surface area contributed by atoms with E-state index in [1.54, 1.807) is 0 Å². The van der Waals surface area contributed by atoms with Gasteiger partial charge >= 0.3 is 0 Å². The molecule has 0 aromatic heterocycles. The minimum Gasteiger partial charge on any atom is -0.353 e. The molecule has 0 aromatic rings. The lowest BCUT2D eigenvalue weighted by molar-refractivity contribution is -0.123. The van der Waals surface area contributed by atoms with E-state index in [4.69, 9.17) is 9.47 Å². The first-order chi connectivity index (χ1) is 6.85. The zero-order chi connectivity index (χ0) is 10.6. The maximum atomic E-state index is 5.49. The molecule has 0 aromatic carbocycles. The minimum absolute atomic E-state index is 0.0129. The van der Waals surface area contributed by atoms with Crippen LogP contribution >= 0.6 is 0 Å². The Kier molecular flexibility index (Phi) is 11.3. The number of nitrogens with one attached hydrogen (secondary N) is 1. The highest BCUT2D eigenvalue weighted by molar-refractivity contribution is 6.35. The summed E-state index contributed by atoms with van der Waals surface area (Å²) >= 11 is 0. The van der Waals surface area contributed by atoms with Crippen LogP contribution < -0.4 is 5.32 Å². The van der Waals surface area contributed by atoms with E-state index in [1.807, 2.05) is 20.9 Å². The molecule has 0 amide bonds. The van der Waals surface area contributed by atoms with Crippen LogP contribution in [0.15, 0.2) is 0 Å². The first-order valence-corrected chi connectivity index (χ1v) is 7.72. The second-order valence-corrected chi connectivity index (χ2v) is 5.28. The lowest BCUT2D eigenvalue weighted by Gasteiger charge is -2.16. The molecule has 0 unspecified atom stereocenters. The molecule has 0 aliphatic heterocycles. The summed E-state index contributed by atoms with van der Waals surface area (Å²) in [6.07, 6.45) is 1.37. The van der Waals surface area contributed by atoms with E-state index in [0.717, 1.165) is 25.8 Å². The Balaban J connectivity index is 3.30. The SMILES string of the molecule is CCOC(C[SiH2]CCCNC)OCC. The van der Waals surface area contributed by atoms with Crippen LogP contribution in [0.25, 0.3) is 0 Å². The van der Waals surface area contributed by atoms with Gasteiger partial charge in [0, 0.05) is 22.7 Å². The summed E-state index contributed by atoms with van der Waals surface area (Å²) in [6, 6.07) is 2.54. The number of rotatable bonds is 10. The Morgan fingerprint density at radius 2 is 1.86 bits per heavy atom. The molecule has 0 aliphatic carbocycles. The maximum absolute atomic E-state index is 5.49. The Morgan fingerprint density at radius 1 is 1.21 bits per heavy atom. The van der Waals surface area contributed by atoms with Gasteiger partial charge in [-0.05, 0) is 39.9 Å². The van der Waals surface area contributed by atoms with Gasteiger partial charge in [0.05, 0.1) is 0 Å². The molecule has 0 bridgehead atoms. The van der Waals surface area contributed by atoms with Gasteiger partial charge in [-0.3, -0.25) is 0 Å². The smallest absolute Gasteiger partial charge is 0.154 e. The molecule has 0 heterocycles. The molecule has 0 atom stereocenters. The average Bonchev–Trinajstić information content (AvgIpc) is 2.18. The summed E-state index contributed by atoms with van der Waals surface area (Å²) in [7, 11) is 2.02. The van der Waals surface area contributed by atoms with Crippen molar-refractivity contribution in [1.29, 1.82) is 0 Å². The number of hydrogen-bond acceptors (Lipinski definition) is 3. The normalized spacial score (nSPS) is 12.0. The van der Waals surface area contributed by atoms with Gasteiger partial charge in [-0.15, -0.1) is 0 Å². The van der Waals surface area contributed by atoms with E-state index < -0.39 is 0 Å². The van der Waals surface area contributed by atoms with E-state index in [-0.39, 0.29) is 15.8 Å². The number of hydrogen-bond donors (Lipinski definition) is 1. The molecule has 0 aliphatic rings. The first kappa shape index (κ1) is 14.1. The van der Waals surface area contributed by atoms with Crippen molar-refractivity contribution < 1.29 is 9.47 Å². The molecular weight excluding hydrogens is 194 g/mol. The Labute approximate surface area is 90.4 Å². The third-order valence-corrected chi connectivity index (χ3v) is 3.95. The van der Waals surface area contributed by atoms with Crippen molar-refractivity contribution in [3.63, 3.8) is 0 Å². The molecule has 0 saturated heterocycles. The van der Waals surface area contributed by atoms with Crippen LogP contribution in [0.1, 0.15) is 20.3 Å². The van der Waals surface area contributed by atoms with Crippen LogP contribution in [0.4, 0.5) is 0 Å². The lowest BCUT2D eigenvalue weighted by atomic mass is 10.5. The summed E-state index contributed by atoms with van der Waals surface area (Å²) < 4.78 is 11.0. The molecule has 14 heavy (non-hydrogen) atoms. The molecule has 0 fully saturated rings. The Morgan fingerprint density at radius 3 is 2.36 bits per heavy atom.